The summed E-state index contributed by atoms with van der Waals surface area (Å²) < 4.78 is 15.4. The van der Waals surface area contributed by atoms with Gasteiger partial charge in [-0.1, -0.05) is 0 Å². The smallest absolute Gasteiger partial charge is 0.203 e. The molecule has 0 bridgehead atoms. The van der Waals surface area contributed by atoms with Crippen LogP contribution in [-0.2, 0) is 0 Å². The van der Waals surface area contributed by atoms with Gasteiger partial charge in [-0.15, -0.1) is 9.24 Å². The lowest BCUT2D eigenvalue weighted by Crippen LogP contribution is -2.00. The Morgan fingerprint density at radius 2 is 1.38 bits per heavy atom. The Hall–Kier alpha value is -0.950. The molecule has 0 amide bonds. The summed E-state index contributed by atoms with van der Waals surface area (Å²) in [5, 5.41) is 0.995. The number of methoxy groups -OCH3 is 3. The summed E-state index contributed by atoms with van der Waals surface area (Å²) in [5.41, 5.74) is 0. The van der Waals surface area contributed by atoms with E-state index in [0.717, 1.165) is 5.30 Å². The SMILES string of the molecule is COc1cc(P)cc(OC)c1OC. The predicted octanol–water partition coefficient (Wildman–Crippen LogP) is 1.21. The van der Waals surface area contributed by atoms with Crippen molar-refractivity contribution in [3.05, 3.63) is 12.1 Å². The second kappa shape index (κ2) is 4.33. The molecule has 0 heterocycles. The third-order valence-electron chi connectivity index (χ3n) is 1.69. The molecular weight excluding hydrogens is 187 g/mol. The van der Waals surface area contributed by atoms with Gasteiger partial charge < -0.3 is 14.2 Å². The van der Waals surface area contributed by atoms with E-state index >= 15 is 0 Å². The molecule has 4 heteroatoms. The summed E-state index contributed by atoms with van der Waals surface area (Å²) in [6.45, 7) is 0. The van der Waals surface area contributed by atoms with Crippen LogP contribution in [0.4, 0.5) is 0 Å². The van der Waals surface area contributed by atoms with E-state index in [2.05, 4.69) is 9.24 Å². The molecule has 0 radical (unpaired) electrons. The van der Waals surface area contributed by atoms with E-state index in [0.29, 0.717) is 17.2 Å². The molecule has 1 unspecified atom stereocenters. The van der Waals surface area contributed by atoms with Gasteiger partial charge in [-0.25, -0.2) is 0 Å². The highest BCUT2D eigenvalue weighted by molar-refractivity contribution is 7.27. The summed E-state index contributed by atoms with van der Waals surface area (Å²) in [7, 11) is 7.37. The van der Waals surface area contributed by atoms with E-state index in [-0.39, 0.29) is 0 Å². The van der Waals surface area contributed by atoms with E-state index in [1.54, 1.807) is 21.3 Å². The minimum Gasteiger partial charge on any atom is -0.493 e. The van der Waals surface area contributed by atoms with Gasteiger partial charge in [-0.05, 0) is 17.4 Å². The molecule has 1 aromatic carbocycles. The highest BCUT2D eigenvalue weighted by atomic mass is 31.0. The Balaban J connectivity index is 3.25. The van der Waals surface area contributed by atoms with Crippen LogP contribution in [0.2, 0.25) is 0 Å². The van der Waals surface area contributed by atoms with Gasteiger partial charge in [0.25, 0.3) is 0 Å². The van der Waals surface area contributed by atoms with Crippen molar-refractivity contribution in [3.63, 3.8) is 0 Å². The quantitative estimate of drug-likeness (QED) is 0.686. The van der Waals surface area contributed by atoms with Gasteiger partial charge >= 0.3 is 0 Å². The second-order valence-electron chi connectivity index (χ2n) is 2.46. The minimum absolute atomic E-state index is 0.621. The normalized spacial score (nSPS) is 9.54. The zero-order valence-corrected chi connectivity index (χ0v) is 9.11. The third kappa shape index (κ3) is 2.04. The number of benzene rings is 1. The Morgan fingerprint density at radius 3 is 1.69 bits per heavy atom. The highest BCUT2D eigenvalue weighted by Crippen LogP contribution is 2.35. The Morgan fingerprint density at radius 1 is 0.923 bits per heavy atom. The van der Waals surface area contributed by atoms with Crippen molar-refractivity contribution in [1.82, 2.24) is 0 Å². The van der Waals surface area contributed by atoms with Crippen molar-refractivity contribution in [2.45, 2.75) is 0 Å². The van der Waals surface area contributed by atoms with Crippen molar-refractivity contribution in [1.29, 1.82) is 0 Å². The molecule has 0 saturated carbocycles. The fourth-order valence-corrected chi connectivity index (χ4v) is 1.40. The van der Waals surface area contributed by atoms with Gasteiger partial charge in [0.2, 0.25) is 5.75 Å². The first-order chi connectivity index (χ1) is 6.22. The van der Waals surface area contributed by atoms with Crippen molar-refractivity contribution in [3.8, 4) is 17.2 Å². The van der Waals surface area contributed by atoms with Crippen LogP contribution >= 0.6 is 9.24 Å². The van der Waals surface area contributed by atoms with Gasteiger partial charge in [0.15, 0.2) is 11.5 Å². The lowest BCUT2D eigenvalue weighted by atomic mass is 10.3. The van der Waals surface area contributed by atoms with E-state index < -0.39 is 0 Å². The fourth-order valence-electron chi connectivity index (χ4n) is 1.10. The average molecular weight is 200 g/mol. The molecule has 13 heavy (non-hydrogen) atoms. The van der Waals surface area contributed by atoms with E-state index in [4.69, 9.17) is 14.2 Å². The van der Waals surface area contributed by atoms with Crippen LogP contribution in [0.3, 0.4) is 0 Å². The molecule has 1 atom stereocenters. The standard InChI is InChI=1S/C9H13O3P/c1-10-7-4-6(13)5-8(11-2)9(7)12-3/h4-5H,13H2,1-3H3. The van der Waals surface area contributed by atoms with Crippen LogP contribution in [0.15, 0.2) is 12.1 Å². The largest absolute Gasteiger partial charge is 0.493 e. The molecule has 0 N–H and O–H groups in total. The van der Waals surface area contributed by atoms with E-state index in [9.17, 15) is 0 Å². The first-order valence-corrected chi connectivity index (χ1v) is 4.36. The maximum Gasteiger partial charge on any atom is 0.203 e. The lowest BCUT2D eigenvalue weighted by Gasteiger charge is -2.12. The maximum absolute atomic E-state index is 5.15. The molecule has 0 aliphatic carbocycles. The van der Waals surface area contributed by atoms with Crippen molar-refractivity contribution in [2.24, 2.45) is 0 Å². The molecule has 3 nitrogen and oxygen atoms in total. The number of rotatable bonds is 3. The molecule has 0 aromatic heterocycles. The summed E-state index contributed by atoms with van der Waals surface area (Å²) in [6.07, 6.45) is 0. The molecule has 0 aliphatic heterocycles. The van der Waals surface area contributed by atoms with Gasteiger partial charge in [0.05, 0.1) is 21.3 Å². The summed E-state index contributed by atoms with van der Waals surface area (Å²) in [5.74, 6) is 1.97. The first kappa shape index (κ1) is 10.1. The van der Waals surface area contributed by atoms with Gasteiger partial charge in [-0.3, -0.25) is 0 Å². The number of ether oxygens (including phenoxy) is 3. The Bertz CT molecular complexity index is 274. The van der Waals surface area contributed by atoms with Gasteiger partial charge in [0.1, 0.15) is 0 Å². The molecule has 0 aliphatic rings. The summed E-state index contributed by atoms with van der Waals surface area (Å²) in [4.78, 5) is 0. The maximum atomic E-state index is 5.15. The molecule has 1 aromatic rings. The highest BCUT2D eigenvalue weighted by Gasteiger charge is 2.10. The van der Waals surface area contributed by atoms with Crippen molar-refractivity contribution < 1.29 is 14.2 Å². The summed E-state index contributed by atoms with van der Waals surface area (Å²) in [6, 6.07) is 3.73. The van der Waals surface area contributed by atoms with Crippen LogP contribution in [0.25, 0.3) is 0 Å². The van der Waals surface area contributed by atoms with Crippen LogP contribution in [-0.4, -0.2) is 21.3 Å². The zero-order valence-electron chi connectivity index (χ0n) is 7.96. The number of hydrogen-bond donors (Lipinski definition) is 0. The monoisotopic (exact) mass is 200 g/mol. The molecule has 0 fully saturated rings. The Kier molecular flexibility index (Phi) is 3.38. The van der Waals surface area contributed by atoms with Crippen LogP contribution < -0.4 is 19.5 Å². The second-order valence-corrected chi connectivity index (χ2v) is 3.13. The van der Waals surface area contributed by atoms with E-state index in [1.165, 1.54) is 0 Å². The van der Waals surface area contributed by atoms with Gasteiger partial charge in [-0.2, -0.15) is 0 Å². The molecule has 1 rings (SSSR count). The van der Waals surface area contributed by atoms with E-state index in [1.807, 2.05) is 12.1 Å². The third-order valence-corrected chi connectivity index (χ3v) is 2.02. The predicted molar refractivity (Wildman–Crippen MR) is 55.4 cm³/mol. The molecule has 72 valence electrons. The minimum atomic E-state index is 0.621. The average Bonchev–Trinajstić information content (AvgIpc) is 2.16. The van der Waals surface area contributed by atoms with Gasteiger partial charge in [0, 0.05) is 0 Å². The van der Waals surface area contributed by atoms with Crippen molar-refractivity contribution in [2.75, 3.05) is 21.3 Å². The topological polar surface area (TPSA) is 27.7 Å². The molecule has 0 spiro atoms. The van der Waals surface area contributed by atoms with Crippen molar-refractivity contribution >= 4 is 14.5 Å². The fraction of sp³-hybridized carbons (Fsp3) is 0.333. The first-order valence-electron chi connectivity index (χ1n) is 3.78. The Labute approximate surface area is 80.2 Å². The zero-order chi connectivity index (χ0) is 9.84. The number of hydrogen-bond acceptors (Lipinski definition) is 3. The van der Waals surface area contributed by atoms with Crippen LogP contribution in [0.1, 0.15) is 0 Å². The van der Waals surface area contributed by atoms with Crippen LogP contribution in [0, 0.1) is 0 Å². The molecule has 0 saturated heterocycles. The lowest BCUT2D eigenvalue weighted by molar-refractivity contribution is 0.325. The van der Waals surface area contributed by atoms with Crippen LogP contribution in [0.5, 0.6) is 17.2 Å². The summed E-state index contributed by atoms with van der Waals surface area (Å²) >= 11 is 0. The molecular formula is C9H13O3P.